The Balaban J connectivity index is 1.94. The van der Waals surface area contributed by atoms with Crippen LogP contribution in [0.2, 0.25) is 0 Å². The Morgan fingerprint density at radius 1 is 1.26 bits per heavy atom. The third-order valence-corrected chi connectivity index (χ3v) is 3.70. The summed E-state index contributed by atoms with van der Waals surface area (Å²) in [5, 5.41) is 5.27. The summed E-state index contributed by atoms with van der Waals surface area (Å²) >= 11 is 0. The summed E-state index contributed by atoms with van der Waals surface area (Å²) < 4.78 is 5.26. The highest BCUT2D eigenvalue weighted by Crippen LogP contribution is 2.19. The summed E-state index contributed by atoms with van der Waals surface area (Å²) in [7, 11) is 0. The van der Waals surface area contributed by atoms with E-state index in [0.717, 1.165) is 0 Å². The first-order valence-electron chi connectivity index (χ1n) is 7.36. The van der Waals surface area contributed by atoms with Crippen molar-refractivity contribution in [3.8, 4) is 0 Å². The molecule has 6 heteroatoms. The van der Waals surface area contributed by atoms with E-state index in [2.05, 4.69) is 10.6 Å². The molecule has 0 radical (unpaired) electrons. The fourth-order valence-corrected chi connectivity index (χ4v) is 2.47. The molecule has 1 aromatic heterocycles. The fraction of sp³-hybridized carbons (Fsp3) is 0.235. The molecule has 1 aromatic carbocycles. The summed E-state index contributed by atoms with van der Waals surface area (Å²) in [5.41, 5.74) is 0.00876. The van der Waals surface area contributed by atoms with Gasteiger partial charge in [0.05, 0.1) is 5.56 Å². The van der Waals surface area contributed by atoms with Crippen LogP contribution < -0.4 is 16.3 Å². The smallest absolute Gasteiger partial charge is 0.359 e. The number of carbonyl (C=O) groups is 2. The third kappa shape index (κ3) is 3.15. The first-order valence-corrected chi connectivity index (χ1v) is 7.36. The van der Waals surface area contributed by atoms with Crippen molar-refractivity contribution in [3.05, 3.63) is 63.7 Å². The van der Waals surface area contributed by atoms with E-state index in [1.807, 2.05) is 6.92 Å². The van der Waals surface area contributed by atoms with E-state index >= 15 is 0 Å². The Labute approximate surface area is 132 Å². The van der Waals surface area contributed by atoms with Crippen LogP contribution in [0, 0.1) is 5.92 Å². The van der Waals surface area contributed by atoms with Crippen LogP contribution in [-0.2, 0) is 6.42 Å². The molecule has 118 valence electrons. The minimum absolute atomic E-state index is 0.0395. The molecule has 23 heavy (non-hydrogen) atoms. The molecule has 2 aromatic rings. The van der Waals surface area contributed by atoms with Crippen molar-refractivity contribution in [2.24, 2.45) is 5.92 Å². The van der Waals surface area contributed by atoms with Crippen molar-refractivity contribution < 1.29 is 14.0 Å². The minimum atomic E-state index is -0.657. The second kappa shape index (κ2) is 6.08. The predicted molar refractivity (Wildman–Crippen MR) is 84.6 cm³/mol. The first kappa shape index (κ1) is 15.0. The normalized spacial score (nSPS) is 16.9. The van der Waals surface area contributed by atoms with Crippen molar-refractivity contribution in [1.29, 1.82) is 0 Å². The zero-order chi connectivity index (χ0) is 16.4. The standard InChI is InChI=1S/C17H16N2O4/c1-10-7-14-12(16(21)18-9-10)8-13(17(22)23-14)19-15(20)11-5-3-2-4-6-11/h2-6,8,10H,7,9H2,1H3,(H,18,21)(H,19,20). The van der Waals surface area contributed by atoms with Crippen molar-refractivity contribution >= 4 is 17.5 Å². The quantitative estimate of drug-likeness (QED) is 0.885. The monoisotopic (exact) mass is 312 g/mol. The lowest BCUT2D eigenvalue weighted by Gasteiger charge is -2.08. The number of benzene rings is 1. The maximum Gasteiger partial charge on any atom is 0.359 e. The highest BCUT2D eigenvalue weighted by atomic mass is 16.4. The van der Waals surface area contributed by atoms with Gasteiger partial charge in [-0.15, -0.1) is 0 Å². The summed E-state index contributed by atoms with van der Waals surface area (Å²) in [4.78, 5) is 36.3. The van der Waals surface area contributed by atoms with Gasteiger partial charge >= 0.3 is 5.63 Å². The molecule has 0 saturated carbocycles. The molecule has 3 rings (SSSR count). The molecule has 2 N–H and O–H groups in total. The average Bonchev–Trinajstić information content (AvgIpc) is 2.68. The highest BCUT2D eigenvalue weighted by molar-refractivity contribution is 6.05. The summed E-state index contributed by atoms with van der Waals surface area (Å²) in [5.74, 6) is -0.202. The van der Waals surface area contributed by atoms with Crippen LogP contribution in [0.3, 0.4) is 0 Å². The van der Waals surface area contributed by atoms with Crippen molar-refractivity contribution in [3.63, 3.8) is 0 Å². The predicted octanol–water partition coefficient (Wildman–Crippen LogP) is 1.81. The van der Waals surface area contributed by atoms with Crippen LogP contribution in [0.25, 0.3) is 0 Å². The Kier molecular flexibility index (Phi) is 3.97. The molecule has 0 saturated heterocycles. The van der Waals surface area contributed by atoms with Crippen molar-refractivity contribution in [2.75, 3.05) is 11.9 Å². The molecule has 6 nitrogen and oxygen atoms in total. The van der Waals surface area contributed by atoms with Gasteiger partial charge in [-0.25, -0.2) is 4.79 Å². The number of fused-ring (bicyclic) bond motifs is 1. The molecular formula is C17H16N2O4. The maximum atomic E-state index is 12.1. The van der Waals surface area contributed by atoms with E-state index in [0.29, 0.717) is 24.3 Å². The van der Waals surface area contributed by atoms with Crippen LogP contribution in [0.15, 0.2) is 45.6 Å². The molecule has 2 heterocycles. The van der Waals surface area contributed by atoms with Gasteiger partial charge in [0.1, 0.15) is 11.4 Å². The van der Waals surface area contributed by atoms with Crippen molar-refractivity contribution in [1.82, 2.24) is 5.32 Å². The number of carbonyl (C=O) groups excluding carboxylic acids is 2. The molecule has 1 aliphatic rings. The first-order chi connectivity index (χ1) is 11.0. The topological polar surface area (TPSA) is 88.4 Å². The fourth-order valence-electron chi connectivity index (χ4n) is 2.47. The van der Waals surface area contributed by atoms with Crippen LogP contribution in [-0.4, -0.2) is 18.4 Å². The Morgan fingerprint density at radius 3 is 2.74 bits per heavy atom. The summed E-state index contributed by atoms with van der Waals surface area (Å²) in [6.45, 7) is 2.48. The number of rotatable bonds is 2. The summed E-state index contributed by atoms with van der Waals surface area (Å²) in [6, 6.07) is 9.89. The number of anilines is 1. The Bertz CT molecular complexity index is 811. The largest absolute Gasteiger partial charge is 0.426 e. The van der Waals surface area contributed by atoms with Crippen LogP contribution in [0.5, 0.6) is 0 Å². The lowest BCUT2D eigenvalue weighted by molar-refractivity contribution is 0.0949. The van der Waals surface area contributed by atoms with Gasteiger partial charge in [0.25, 0.3) is 11.8 Å². The zero-order valence-corrected chi connectivity index (χ0v) is 12.6. The SMILES string of the molecule is CC1CNC(=O)c2cc(NC(=O)c3ccccc3)c(=O)oc2C1. The Hall–Kier alpha value is -2.89. The molecule has 1 unspecified atom stereocenters. The second-order valence-corrected chi connectivity index (χ2v) is 5.62. The lowest BCUT2D eigenvalue weighted by Crippen LogP contribution is -2.26. The van der Waals surface area contributed by atoms with Gasteiger partial charge in [0.15, 0.2) is 0 Å². The van der Waals surface area contributed by atoms with Crippen LogP contribution >= 0.6 is 0 Å². The van der Waals surface area contributed by atoms with Gasteiger partial charge in [-0.2, -0.15) is 0 Å². The molecule has 0 fully saturated rings. The lowest BCUT2D eigenvalue weighted by atomic mass is 10.0. The Morgan fingerprint density at radius 2 is 2.00 bits per heavy atom. The molecule has 2 amide bonds. The van der Waals surface area contributed by atoms with Crippen LogP contribution in [0.4, 0.5) is 5.69 Å². The molecule has 1 aliphatic heterocycles. The van der Waals surface area contributed by atoms with Gasteiger partial charge in [0, 0.05) is 18.5 Å². The van der Waals surface area contributed by atoms with E-state index < -0.39 is 11.5 Å². The average molecular weight is 312 g/mol. The third-order valence-electron chi connectivity index (χ3n) is 3.70. The van der Waals surface area contributed by atoms with E-state index in [9.17, 15) is 14.4 Å². The van der Waals surface area contributed by atoms with Gasteiger partial charge in [0.2, 0.25) is 0 Å². The molecule has 0 bridgehead atoms. The number of amides is 2. The van der Waals surface area contributed by atoms with E-state index in [4.69, 9.17) is 4.42 Å². The molecule has 0 aliphatic carbocycles. The van der Waals surface area contributed by atoms with Crippen LogP contribution in [0.1, 0.15) is 33.4 Å². The number of nitrogens with one attached hydrogen (secondary N) is 2. The number of hydrogen-bond donors (Lipinski definition) is 2. The van der Waals surface area contributed by atoms with Gasteiger partial charge in [-0.3, -0.25) is 9.59 Å². The van der Waals surface area contributed by atoms with Gasteiger partial charge in [-0.05, 0) is 24.1 Å². The zero-order valence-electron chi connectivity index (χ0n) is 12.6. The summed E-state index contributed by atoms with van der Waals surface area (Å²) in [6.07, 6.45) is 0.496. The van der Waals surface area contributed by atoms with Crippen molar-refractivity contribution in [2.45, 2.75) is 13.3 Å². The molecular weight excluding hydrogens is 296 g/mol. The van der Waals surface area contributed by atoms with Gasteiger partial charge < -0.3 is 15.1 Å². The number of hydrogen-bond acceptors (Lipinski definition) is 4. The van der Waals surface area contributed by atoms with Gasteiger partial charge in [-0.1, -0.05) is 25.1 Å². The van der Waals surface area contributed by atoms with E-state index in [-0.39, 0.29) is 23.1 Å². The molecule has 0 spiro atoms. The molecule has 1 atom stereocenters. The van der Waals surface area contributed by atoms with E-state index in [1.54, 1.807) is 30.3 Å². The maximum absolute atomic E-state index is 12.1. The van der Waals surface area contributed by atoms with E-state index in [1.165, 1.54) is 6.07 Å². The second-order valence-electron chi connectivity index (χ2n) is 5.62. The minimum Gasteiger partial charge on any atom is -0.426 e. The highest BCUT2D eigenvalue weighted by Gasteiger charge is 2.23.